The van der Waals surface area contributed by atoms with Crippen molar-refractivity contribution in [1.29, 1.82) is 0 Å². The van der Waals surface area contributed by atoms with Crippen molar-refractivity contribution in [2.75, 3.05) is 25.9 Å². The van der Waals surface area contributed by atoms with Crippen LogP contribution >= 0.6 is 11.6 Å². The second-order valence-electron chi connectivity index (χ2n) is 5.38. The summed E-state index contributed by atoms with van der Waals surface area (Å²) in [5, 5.41) is 3.88. The standard InChI is InChI=1S/C14H21ClN2O2S/c1-17(10-12-4-2-6-14(15)8-12)20(18,19)11-13-5-3-7-16-9-13/h2,4,6,8,13,16H,3,5,7,9-11H2,1H3. The molecule has 0 radical (unpaired) electrons. The molecule has 1 aliphatic rings. The van der Waals surface area contributed by atoms with Crippen LogP contribution in [-0.4, -0.2) is 38.6 Å². The smallest absolute Gasteiger partial charge is 0.214 e. The quantitative estimate of drug-likeness (QED) is 0.905. The highest BCUT2D eigenvalue weighted by molar-refractivity contribution is 7.89. The summed E-state index contributed by atoms with van der Waals surface area (Å²) in [5.41, 5.74) is 0.908. The van der Waals surface area contributed by atoms with E-state index >= 15 is 0 Å². The zero-order chi connectivity index (χ0) is 14.6. The third-order valence-corrected chi connectivity index (χ3v) is 5.82. The minimum atomic E-state index is -3.22. The predicted molar refractivity (Wildman–Crippen MR) is 82.3 cm³/mol. The molecule has 0 aromatic heterocycles. The lowest BCUT2D eigenvalue weighted by Crippen LogP contribution is -2.38. The summed E-state index contributed by atoms with van der Waals surface area (Å²) in [5.74, 6) is 0.437. The Kier molecular flexibility index (Phi) is 5.43. The number of sulfonamides is 1. The number of hydrogen-bond donors (Lipinski definition) is 1. The van der Waals surface area contributed by atoms with E-state index in [9.17, 15) is 8.42 Å². The van der Waals surface area contributed by atoms with Gasteiger partial charge in [-0.1, -0.05) is 23.7 Å². The van der Waals surface area contributed by atoms with Gasteiger partial charge in [0.05, 0.1) is 5.75 Å². The van der Waals surface area contributed by atoms with Crippen LogP contribution in [0.3, 0.4) is 0 Å². The molecule has 0 spiro atoms. The first kappa shape index (κ1) is 15.8. The molecule has 1 aromatic carbocycles. The molecule has 4 nitrogen and oxygen atoms in total. The Hall–Kier alpha value is -0.620. The minimum Gasteiger partial charge on any atom is -0.316 e. The number of nitrogens with one attached hydrogen (secondary N) is 1. The molecule has 1 fully saturated rings. The number of hydrogen-bond acceptors (Lipinski definition) is 3. The maximum absolute atomic E-state index is 12.4. The largest absolute Gasteiger partial charge is 0.316 e. The van der Waals surface area contributed by atoms with E-state index in [1.54, 1.807) is 19.2 Å². The van der Waals surface area contributed by atoms with E-state index in [4.69, 9.17) is 11.6 Å². The Balaban J connectivity index is 1.97. The van der Waals surface area contributed by atoms with E-state index in [1.165, 1.54) is 4.31 Å². The molecule has 1 heterocycles. The molecule has 1 atom stereocenters. The Morgan fingerprint density at radius 3 is 2.90 bits per heavy atom. The second-order valence-corrected chi connectivity index (χ2v) is 7.93. The van der Waals surface area contributed by atoms with Crippen LogP contribution in [0.2, 0.25) is 5.02 Å². The van der Waals surface area contributed by atoms with Gasteiger partial charge in [-0.05, 0) is 49.5 Å². The monoisotopic (exact) mass is 316 g/mol. The number of halogens is 1. The molecule has 6 heteroatoms. The fraction of sp³-hybridized carbons (Fsp3) is 0.571. The zero-order valence-corrected chi connectivity index (χ0v) is 13.3. The van der Waals surface area contributed by atoms with Crippen molar-refractivity contribution in [1.82, 2.24) is 9.62 Å². The van der Waals surface area contributed by atoms with Crippen LogP contribution in [0.25, 0.3) is 0 Å². The van der Waals surface area contributed by atoms with Crippen LogP contribution < -0.4 is 5.32 Å². The van der Waals surface area contributed by atoms with Crippen molar-refractivity contribution in [2.24, 2.45) is 5.92 Å². The molecular weight excluding hydrogens is 296 g/mol. The summed E-state index contributed by atoms with van der Waals surface area (Å²) in [4.78, 5) is 0. The molecule has 2 rings (SSSR count). The van der Waals surface area contributed by atoms with Gasteiger partial charge in [0, 0.05) is 18.6 Å². The predicted octanol–water partition coefficient (Wildman–Crippen LogP) is 2.10. The lowest BCUT2D eigenvalue weighted by molar-refractivity contribution is 0.391. The van der Waals surface area contributed by atoms with Gasteiger partial charge in [-0.3, -0.25) is 0 Å². The van der Waals surface area contributed by atoms with Crippen LogP contribution in [0, 0.1) is 5.92 Å². The maximum atomic E-state index is 12.4. The number of nitrogens with zero attached hydrogens (tertiary/aromatic N) is 1. The highest BCUT2D eigenvalue weighted by Gasteiger charge is 2.24. The fourth-order valence-electron chi connectivity index (χ4n) is 2.48. The number of benzene rings is 1. The van der Waals surface area contributed by atoms with Gasteiger partial charge >= 0.3 is 0 Å². The van der Waals surface area contributed by atoms with Crippen molar-refractivity contribution in [2.45, 2.75) is 19.4 Å². The van der Waals surface area contributed by atoms with Crippen LogP contribution in [-0.2, 0) is 16.6 Å². The van der Waals surface area contributed by atoms with Crippen LogP contribution in [0.5, 0.6) is 0 Å². The molecule has 1 unspecified atom stereocenters. The summed E-state index contributed by atoms with van der Waals surface area (Å²) in [6.07, 6.45) is 2.04. The molecule has 112 valence electrons. The van der Waals surface area contributed by atoms with Crippen molar-refractivity contribution >= 4 is 21.6 Å². The number of rotatable bonds is 5. The van der Waals surface area contributed by atoms with Gasteiger partial charge in [0.15, 0.2) is 0 Å². The first-order valence-electron chi connectivity index (χ1n) is 6.86. The molecule has 0 aliphatic carbocycles. The Bertz CT molecular complexity index is 542. The van der Waals surface area contributed by atoms with Gasteiger partial charge in [0.2, 0.25) is 10.0 Å². The Morgan fingerprint density at radius 2 is 2.25 bits per heavy atom. The zero-order valence-electron chi connectivity index (χ0n) is 11.7. The van der Waals surface area contributed by atoms with Gasteiger partial charge in [-0.15, -0.1) is 0 Å². The maximum Gasteiger partial charge on any atom is 0.214 e. The molecule has 1 aliphatic heterocycles. The number of piperidine rings is 1. The van der Waals surface area contributed by atoms with Crippen LogP contribution in [0.4, 0.5) is 0 Å². The van der Waals surface area contributed by atoms with E-state index in [1.807, 2.05) is 12.1 Å². The average Bonchev–Trinajstić information content (AvgIpc) is 2.39. The highest BCUT2D eigenvalue weighted by Crippen LogP contribution is 2.17. The topological polar surface area (TPSA) is 49.4 Å². The van der Waals surface area contributed by atoms with Gasteiger partial charge in [-0.2, -0.15) is 0 Å². The van der Waals surface area contributed by atoms with E-state index in [0.29, 0.717) is 11.6 Å². The van der Waals surface area contributed by atoms with E-state index in [2.05, 4.69) is 5.32 Å². The normalized spacial score (nSPS) is 20.2. The van der Waals surface area contributed by atoms with Gasteiger partial charge in [-0.25, -0.2) is 12.7 Å². The summed E-state index contributed by atoms with van der Waals surface area (Å²) in [6, 6.07) is 7.31. The van der Waals surface area contributed by atoms with Crippen LogP contribution in [0.15, 0.2) is 24.3 Å². The molecular formula is C14H21ClN2O2S. The average molecular weight is 317 g/mol. The van der Waals surface area contributed by atoms with Crippen molar-refractivity contribution in [3.05, 3.63) is 34.9 Å². The van der Waals surface area contributed by atoms with Gasteiger partial charge in [0.1, 0.15) is 0 Å². The summed E-state index contributed by atoms with van der Waals surface area (Å²) < 4.78 is 26.1. The van der Waals surface area contributed by atoms with E-state index < -0.39 is 10.0 Å². The fourth-order valence-corrected chi connectivity index (χ4v) is 4.18. The molecule has 1 N–H and O–H groups in total. The second kappa shape index (κ2) is 6.89. The highest BCUT2D eigenvalue weighted by atomic mass is 35.5. The Morgan fingerprint density at radius 1 is 1.45 bits per heavy atom. The minimum absolute atomic E-state index is 0.218. The summed E-state index contributed by atoms with van der Waals surface area (Å²) in [7, 11) is -1.59. The van der Waals surface area contributed by atoms with E-state index in [0.717, 1.165) is 31.5 Å². The van der Waals surface area contributed by atoms with Crippen LogP contribution in [0.1, 0.15) is 18.4 Å². The third kappa shape index (κ3) is 4.45. The molecule has 1 saturated heterocycles. The molecule has 0 bridgehead atoms. The van der Waals surface area contributed by atoms with Crippen molar-refractivity contribution in [3.63, 3.8) is 0 Å². The molecule has 0 amide bonds. The molecule has 0 saturated carbocycles. The third-order valence-electron chi connectivity index (χ3n) is 3.61. The van der Waals surface area contributed by atoms with E-state index in [-0.39, 0.29) is 11.7 Å². The van der Waals surface area contributed by atoms with Crippen molar-refractivity contribution < 1.29 is 8.42 Å². The Labute approximate surface area is 126 Å². The first-order valence-corrected chi connectivity index (χ1v) is 8.85. The first-order chi connectivity index (χ1) is 9.47. The van der Waals surface area contributed by atoms with Gasteiger partial charge < -0.3 is 5.32 Å². The molecule has 20 heavy (non-hydrogen) atoms. The SMILES string of the molecule is CN(Cc1cccc(Cl)c1)S(=O)(=O)CC1CCCNC1. The lowest BCUT2D eigenvalue weighted by atomic mass is 10.0. The van der Waals surface area contributed by atoms with Crippen molar-refractivity contribution in [3.8, 4) is 0 Å². The van der Waals surface area contributed by atoms with Gasteiger partial charge in [0.25, 0.3) is 0 Å². The summed E-state index contributed by atoms with van der Waals surface area (Å²) in [6.45, 7) is 2.15. The molecule has 1 aromatic rings. The summed E-state index contributed by atoms with van der Waals surface area (Å²) >= 11 is 5.92. The lowest BCUT2D eigenvalue weighted by Gasteiger charge is -2.25.